The van der Waals surface area contributed by atoms with Gasteiger partial charge in [0.25, 0.3) is 0 Å². The van der Waals surface area contributed by atoms with E-state index >= 15 is 0 Å². The summed E-state index contributed by atoms with van der Waals surface area (Å²) >= 11 is 0. The molecule has 1 aliphatic rings. The molecule has 0 radical (unpaired) electrons. The molecule has 6 heteroatoms. The van der Waals surface area contributed by atoms with Gasteiger partial charge in [-0.15, -0.1) is 0 Å². The lowest BCUT2D eigenvalue weighted by molar-refractivity contribution is -0.142. The zero-order chi connectivity index (χ0) is 19.7. The van der Waals surface area contributed by atoms with E-state index in [4.69, 9.17) is 8.83 Å². The maximum atomic E-state index is 12.6. The second kappa shape index (κ2) is 7.38. The Bertz CT molecular complexity index is 1090. The van der Waals surface area contributed by atoms with Crippen LogP contribution < -0.4 is 5.82 Å². The first-order valence-corrected chi connectivity index (χ1v) is 9.17. The molecule has 3 aromatic rings. The number of aryl methyl sites for hydroxylation is 1. The minimum atomic E-state index is -1.16. The van der Waals surface area contributed by atoms with Crippen molar-refractivity contribution in [3.63, 3.8) is 0 Å². The van der Waals surface area contributed by atoms with Crippen molar-refractivity contribution in [2.75, 3.05) is 0 Å². The van der Waals surface area contributed by atoms with Crippen LogP contribution >= 0.6 is 0 Å². The van der Waals surface area contributed by atoms with Crippen LogP contribution in [0.4, 0.5) is 0 Å². The Morgan fingerprint density at radius 1 is 0.893 bits per heavy atom. The maximum absolute atomic E-state index is 12.6. The highest BCUT2D eigenvalue weighted by molar-refractivity contribution is 6.21. The van der Waals surface area contributed by atoms with Crippen molar-refractivity contribution in [1.82, 2.24) is 0 Å². The van der Waals surface area contributed by atoms with E-state index in [2.05, 4.69) is 0 Å². The van der Waals surface area contributed by atoms with Gasteiger partial charge in [0.15, 0.2) is 28.5 Å². The summed E-state index contributed by atoms with van der Waals surface area (Å²) in [7, 11) is 0. The number of Topliss-reactive ketones (excluding diaryl/α,β-unsaturated/α-hetero) is 3. The van der Waals surface area contributed by atoms with Gasteiger partial charge >= 0.3 is 5.82 Å². The molecular weight excluding hydrogens is 360 g/mol. The van der Waals surface area contributed by atoms with Gasteiger partial charge in [-0.1, -0.05) is 36.4 Å². The lowest BCUT2D eigenvalue weighted by Crippen LogP contribution is -2.38. The molecule has 0 spiro atoms. The molecule has 0 aliphatic heterocycles. The third-order valence-corrected chi connectivity index (χ3v) is 5.19. The number of fused-ring (bicyclic) bond motifs is 1. The Morgan fingerprint density at radius 3 is 2.29 bits per heavy atom. The topological polar surface area (TPSA) is 94.6 Å². The summed E-state index contributed by atoms with van der Waals surface area (Å²) in [5.74, 6) is -3.05. The second-order valence-electron chi connectivity index (χ2n) is 7.08. The number of carbonyl (C=O) groups is 3. The fourth-order valence-electron chi connectivity index (χ4n) is 3.78. The van der Waals surface area contributed by atoms with Gasteiger partial charge in [-0.05, 0) is 35.6 Å². The lowest BCUT2D eigenvalue weighted by atomic mass is 9.74. The van der Waals surface area contributed by atoms with Crippen LogP contribution in [0.2, 0.25) is 0 Å². The smallest absolute Gasteiger partial charge is 0.391 e. The van der Waals surface area contributed by atoms with Crippen molar-refractivity contribution in [2.24, 2.45) is 5.92 Å². The average molecular weight is 378 g/mol. The Kier molecular flexibility index (Phi) is 4.77. The van der Waals surface area contributed by atoms with Crippen molar-refractivity contribution in [2.45, 2.75) is 31.6 Å². The molecule has 1 fully saturated rings. The van der Waals surface area contributed by atoms with E-state index in [0.717, 1.165) is 11.1 Å². The maximum Gasteiger partial charge on any atom is 0.519 e. The van der Waals surface area contributed by atoms with Crippen LogP contribution in [0.3, 0.4) is 0 Å². The van der Waals surface area contributed by atoms with Crippen molar-refractivity contribution in [3.8, 4) is 0 Å². The van der Waals surface area contributed by atoms with E-state index in [0.29, 0.717) is 17.6 Å². The summed E-state index contributed by atoms with van der Waals surface area (Å²) < 4.78 is 9.74. The molecule has 1 aromatic heterocycles. The molecule has 1 saturated carbocycles. The highest BCUT2D eigenvalue weighted by atomic mass is 16.6. The molecule has 28 heavy (non-hydrogen) atoms. The first-order chi connectivity index (χ1) is 13.5. The quantitative estimate of drug-likeness (QED) is 0.633. The van der Waals surface area contributed by atoms with E-state index in [1.807, 2.05) is 30.3 Å². The second-order valence-corrected chi connectivity index (χ2v) is 7.08. The van der Waals surface area contributed by atoms with Crippen LogP contribution in [0.25, 0.3) is 11.2 Å². The lowest BCUT2D eigenvalue weighted by Gasteiger charge is -2.26. The summed E-state index contributed by atoms with van der Waals surface area (Å²) in [6, 6.07) is 14.4. The Morgan fingerprint density at radius 2 is 1.57 bits per heavy atom. The van der Waals surface area contributed by atoms with Crippen LogP contribution in [0, 0.1) is 5.92 Å². The molecule has 1 aliphatic carbocycles. The zero-order valence-corrected chi connectivity index (χ0v) is 15.1. The largest absolute Gasteiger partial charge is 0.519 e. The van der Waals surface area contributed by atoms with Gasteiger partial charge in [0.2, 0.25) is 0 Å². The van der Waals surface area contributed by atoms with Crippen LogP contribution in [0.5, 0.6) is 0 Å². The highest BCUT2D eigenvalue weighted by Crippen LogP contribution is 2.32. The van der Waals surface area contributed by atoms with Crippen molar-refractivity contribution in [3.05, 3.63) is 70.3 Å². The Hall–Kier alpha value is -3.28. The van der Waals surface area contributed by atoms with Crippen molar-refractivity contribution < 1.29 is 23.2 Å². The van der Waals surface area contributed by atoms with Crippen LogP contribution in [0.1, 0.15) is 36.3 Å². The van der Waals surface area contributed by atoms with Gasteiger partial charge in [-0.3, -0.25) is 14.4 Å². The Labute approximate surface area is 160 Å². The summed E-state index contributed by atoms with van der Waals surface area (Å²) in [5.41, 5.74) is 2.36. The molecule has 0 unspecified atom stereocenters. The molecule has 0 atom stereocenters. The minimum Gasteiger partial charge on any atom is -0.391 e. The van der Waals surface area contributed by atoms with Gasteiger partial charge in [0.1, 0.15) is 5.92 Å². The molecule has 0 N–H and O–H groups in total. The van der Waals surface area contributed by atoms with Gasteiger partial charge < -0.3 is 8.83 Å². The third kappa shape index (κ3) is 3.58. The molecule has 6 nitrogen and oxygen atoms in total. The summed E-state index contributed by atoms with van der Waals surface area (Å²) in [6.07, 6.45) is 0.838. The molecule has 0 saturated heterocycles. The molecule has 1 heterocycles. The highest BCUT2D eigenvalue weighted by Gasteiger charge is 2.39. The van der Waals surface area contributed by atoms with E-state index in [1.165, 1.54) is 0 Å². The Balaban J connectivity index is 1.42. The predicted octanol–water partition coefficient (Wildman–Crippen LogP) is 3.22. The number of hydrogen-bond donors (Lipinski definition) is 0. The van der Waals surface area contributed by atoms with Crippen LogP contribution in [0.15, 0.2) is 62.2 Å². The third-order valence-electron chi connectivity index (χ3n) is 5.19. The standard InChI is InChI=1S/C22H18O6/c23-16(8-6-13-7-9-19-20(10-13)28-22(26)27-19)21-17(24)11-15(12-18(21)25)14-4-2-1-3-5-14/h1-5,7,9-10,15,21H,6,8,11-12H2. The molecule has 0 amide bonds. The van der Waals surface area contributed by atoms with Crippen LogP contribution in [-0.4, -0.2) is 17.3 Å². The summed E-state index contributed by atoms with van der Waals surface area (Å²) in [6.45, 7) is 0. The molecule has 0 bridgehead atoms. The van der Waals surface area contributed by atoms with Gasteiger partial charge in [-0.2, -0.15) is 0 Å². The fraction of sp³-hybridized carbons (Fsp3) is 0.273. The number of carbonyl (C=O) groups excluding carboxylic acids is 3. The summed E-state index contributed by atoms with van der Waals surface area (Å²) in [4.78, 5) is 48.7. The fourth-order valence-corrected chi connectivity index (χ4v) is 3.78. The number of benzene rings is 2. The van der Waals surface area contributed by atoms with Crippen molar-refractivity contribution in [1.29, 1.82) is 0 Å². The first kappa shape index (κ1) is 18.1. The van der Waals surface area contributed by atoms with Gasteiger partial charge in [0, 0.05) is 19.3 Å². The first-order valence-electron chi connectivity index (χ1n) is 9.17. The molecular formula is C22H18O6. The minimum absolute atomic E-state index is 0.0751. The number of ketones is 3. The van der Waals surface area contributed by atoms with Gasteiger partial charge in [-0.25, -0.2) is 4.79 Å². The van der Waals surface area contributed by atoms with E-state index < -0.39 is 11.7 Å². The van der Waals surface area contributed by atoms with Crippen molar-refractivity contribution >= 4 is 28.5 Å². The van der Waals surface area contributed by atoms with E-state index in [9.17, 15) is 19.2 Å². The molecule has 4 rings (SSSR count). The summed E-state index contributed by atoms with van der Waals surface area (Å²) in [5, 5.41) is 0. The molecule has 2 aromatic carbocycles. The van der Waals surface area contributed by atoms with Gasteiger partial charge in [0.05, 0.1) is 0 Å². The van der Waals surface area contributed by atoms with E-state index in [-0.39, 0.29) is 42.5 Å². The predicted molar refractivity (Wildman–Crippen MR) is 100.0 cm³/mol. The van der Waals surface area contributed by atoms with E-state index in [1.54, 1.807) is 18.2 Å². The number of hydrogen-bond acceptors (Lipinski definition) is 6. The zero-order valence-electron chi connectivity index (χ0n) is 15.1. The normalized spacial score (nSPS) is 19.9. The number of rotatable bonds is 5. The van der Waals surface area contributed by atoms with Crippen LogP contribution in [-0.2, 0) is 20.8 Å². The molecule has 142 valence electrons. The monoisotopic (exact) mass is 378 g/mol. The average Bonchev–Trinajstić information content (AvgIpc) is 3.05. The SMILES string of the molecule is O=C(CCc1ccc2oc(=O)oc2c1)C1C(=O)CC(c2ccccc2)CC1=O.